The van der Waals surface area contributed by atoms with Gasteiger partial charge in [0.25, 0.3) is 5.91 Å². The number of anilines is 1. The van der Waals surface area contributed by atoms with E-state index in [4.69, 9.17) is 9.47 Å². The standard InChI is InChI=1S/C23H29NO3/c1-2-26-22-10-6-9-19(17-22)23(25)24-20-11-13-21(14-12-20)27-16-15-18-7-4-3-5-8-18/h6,9-14,17-18H,2-5,7-8,15-16H2,1H3,(H,24,25). The first-order valence-electron chi connectivity index (χ1n) is 10.0. The summed E-state index contributed by atoms with van der Waals surface area (Å²) in [6.07, 6.45) is 7.95. The van der Waals surface area contributed by atoms with Crippen molar-refractivity contribution < 1.29 is 14.3 Å². The zero-order valence-corrected chi connectivity index (χ0v) is 16.1. The summed E-state index contributed by atoms with van der Waals surface area (Å²) in [5.74, 6) is 2.22. The Balaban J connectivity index is 1.48. The topological polar surface area (TPSA) is 47.6 Å². The van der Waals surface area contributed by atoms with Crippen LogP contribution in [-0.2, 0) is 0 Å². The van der Waals surface area contributed by atoms with Gasteiger partial charge in [0.1, 0.15) is 11.5 Å². The highest BCUT2D eigenvalue weighted by Gasteiger charge is 2.13. The number of hydrogen-bond acceptors (Lipinski definition) is 3. The molecule has 3 rings (SSSR count). The van der Waals surface area contributed by atoms with E-state index >= 15 is 0 Å². The molecule has 0 radical (unpaired) electrons. The first-order valence-corrected chi connectivity index (χ1v) is 10.0. The molecule has 1 aliphatic carbocycles. The summed E-state index contributed by atoms with van der Waals surface area (Å²) in [5.41, 5.74) is 1.33. The molecule has 2 aromatic rings. The molecule has 0 spiro atoms. The number of ether oxygens (including phenoxy) is 2. The van der Waals surface area contributed by atoms with Crippen molar-refractivity contribution in [2.75, 3.05) is 18.5 Å². The summed E-state index contributed by atoms with van der Waals surface area (Å²) < 4.78 is 11.3. The lowest BCUT2D eigenvalue weighted by Gasteiger charge is -2.21. The Bertz CT molecular complexity index is 721. The summed E-state index contributed by atoms with van der Waals surface area (Å²) in [6, 6.07) is 14.8. The highest BCUT2D eigenvalue weighted by molar-refractivity contribution is 6.04. The quantitative estimate of drug-likeness (QED) is 0.652. The van der Waals surface area contributed by atoms with E-state index < -0.39 is 0 Å². The molecule has 1 fully saturated rings. The first kappa shape index (κ1) is 19.3. The molecule has 0 aliphatic heterocycles. The average Bonchev–Trinajstić information content (AvgIpc) is 2.71. The number of amides is 1. The van der Waals surface area contributed by atoms with Gasteiger partial charge in [0.2, 0.25) is 0 Å². The fourth-order valence-electron chi connectivity index (χ4n) is 3.55. The van der Waals surface area contributed by atoms with Crippen LogP contribution >= 0.6 is 0 Å². The van der Waals surface area contributed by atoms with Crippen molar-refractivity contribution in [1.82, 2.24) is 0 Å². The maximum atomic E-state index is 12.4. The molecule has 1 N–H and O–H groups in total. The van der Waals surface area contributed by atoms with Crippen LogP contribution < -0.4 is 14.8 Å². The molecule has 4 nitrogen and oxygen atoms in total. The molecule has 144 valence electrons. The summed E-state index contributed by atoms with van der Waals surface area (Å²) in [4.78, 5) is 12.4. The third-order valence-electron chi connectivity index (χ3n) is 5.04. The second kappa shape index (κ2) is 10.0. The number of carbonyl (C=O) groups excluding carboxylic acids is 1. The monoisotopic (exact) mass is 367 g/mol. The smallest absolute Gasteiger partial charge is 0.255 e. The van der Waals surface area contributed by atoms with Gasteiger partial charge in [0, 0.05) is 11.3 Å². The second-order valence-electron chi connectivity index (χ2n) is 7.08. The van der Waals surface area contributed by atoms with E-state index in [0.717, 1.165) is 30.4 Å². The van der Waals surface area contributed by atoms with Gasteiger partial charge < -0.3 is 14.8 Å². The van der Waals surface area contributed by atoms with Crippen LogP contribution in [0.1, 0.15) is 55.8 Å². The minimum absolute atomic E-state index is 0.150. The van der Waals surface area contributed by atoms with E-state index in [1.54, 1.807) is 12.1 Å². The van der Waals surface area contributed by atoms with Crippen LogP contribution in [0.2, 0.25) is 0 Å². The minimum Gasteiger partial charge on any atom is -0.494 e. The number of rotatable bonds is 8. The van der Waals surface area contributed by atoms with Crippen molar-refractivity contribution in [2.24, 2.45) is 5.92 Å². The lowest BCUT2D eigenvalue weighted by atomic mass is 9.87. The lowest BCUT2D eigenvalue weighted by molar-refractivity contribution is 0.102. The van der Waals surface area contributed by atoms with Crippen molar-refractivity contribution >= 4 is 11.6 Å². The Morgan fingerprint density at radius 2 is 1.78 bits per heavy atom. The van der Waals surface area contributed by atoms with Crippen LogP contribution in [0, 0.1) is 5.92 Å². The van der Waals surface area contributed by atoms with Gasteiger partial charge in [0.05, 0.1) is 13.2 Å². The average molecular weight is 367 g/mol. The number of carbonyl (C=O) groups is 1. The third kappa shape index (κ3) is 6.02. The van der Waals surface area contributed by atoms with Gasteiger partial charge in [-0.2, -0.15) is 0 Å². The largest absolute Gasteiger partial charge is 0.494 e. The fraction of sp³-hybridized carbons (Fsp3) is 0.435. The predicted molar refractivity (Wildman–Crippen MR) is 109 cm³/mol. The van der Waals surface area contributed by atoms with Gasteiger partial charge in [-0.25, -0.2) is 0 Å². The predicted octanol–water partition coefficient (Wildman–Crippen LogP) is 5.69. The summed E-state index contributed by atoms with van der Waals surface area (Å²) in [6.45, 7) is 3.26. The maximum Gasteiger partial charge on any atom is 0.255 e. The van der Waals surface area contributed by atoms with Gasteiger partial charge >= 0.3 is 0 Å². The molecule has 1 amide bonds. The summed E-state index contributed by atoms with van der Waals surface area (Å²) >= 11 is 0. The van der Waals surface area contributed by atoms with Gasteiger partial charge in [-0.15, -0.1) is 0 Å². The zero-order valence-electron chi connectivity index (χ0n) is 16.1. The zero-order chi connectivity index (χ0) is 18.9. The van der Waals surface area contributed by atoms with Crippen molar-refractivity contribution in [3.05, 3.63) is 54.1 Å². The van der Waals surface area contributed by atoms with Crippen LogP contribution in [0.15, 0.2) is 48.5 Å². The number of nitrogens with one attached hydrogen (secondary N) is 1. The van der Waals surface area contributed by atoms with E-state index in [1.807, 2.05) is 43.3 Å². The highest BCUT2D eigenvalue weighted by atomic mass is 16.5. The van der Waals surface area contributed by atoms with Gasteiger partial charge in [-0.3, -0.25) is 4.79 Å². The van der Waals surface area contributed by atoms with Crippen LogP contribution in [0.3, 0.4) is 0 Å². The van der Waals surface area contributed by atoms with E-state index in [9.17, 15) is 4.79 Å². The third-order valence-corrected chi connectivity index (χ3v) is 5.04. The molecule has 2 aromatic carbocycles. The van der Waals surface area contributed by atoms with Gasteiger partial charge in [-0.1, -0.05) is 38.2 Å². The van der Waals surface area contributed by atoms with Crippen LogP contribution in [0.5, 0.6) is 11.5 Å². The first-order chi connectivity index (χ1) is 13.2. The molecule has 0 saturated heterocycles. The molecule has 0 aromatic heterocycles. The number of hydrogen-bond donors (Lipinski definition) is 1. The highest BCUT2D eigenvalue weighted by Crippen LogP contribution is 2.26. The van der Waals surface area contributed by atoms with Crippen molar-refractivity contribution in [1.29, 1.82) is 0 Å². The molecule has 4 heteroatoms. The summed E-state index contributed by atoms with van der Waals surface area (Å²) in [7, 11) is 0. The van der Waals surface area contributed by atoms with Gasteiger partial charge in [0.15, 0.2) is 0 Å². The fourth-order valence-corrected chi connectivity index (χ4v) is 3.55. The summed E-state index contributed by atoms with van der Waals surface area (Å²) in [5, 5.41) is 2.91. The Labute approximate surface area is 161 Å². The Morgan fingerprint density at radius 1 is 1.00 bits per heavy atom. The molecule has 0 heterocycles. The molecule has 1 aliphatic rings. The van der Waals surface area contributed by atoms with Crippen LogP contribution in [0.25, 0.3) is 0 Å². The van der Waals surface area contributed by atoms with Crippen molar-refractivity contribution in [3.8, 4) is 11.5 Å². The van der Waals surface area contributed by atoms with Gasteiger partial charge in [-0.05, 0) is 61.7 Å². The normalized spacial score (nSPS) is 14.6. The molecule has 0 bridgehead atoms. The molecular weight excluding hydrogens is 338 g/mol. The van der Waals surface area contributed by atoms with Crippen LogP contribution in [0.4, 0.5) is 5.69 Å². The molecule has 0 atom stereocenters. The van der Waals surface area contributed by atoms with Crippen molar-refractivity contribution in [2.45, 2.75) is 45.4 Å². The lowest BCUT2D eigenvalue weighted by Crippen LogP contribution is -2.12. The molecule has 1 saturated carbocycles. The maximum absolute atomic E-state index is 12.4. The Kier molecular flexibility index (Phi) is 7.14. The van der Waals surface area contributed by atoms with Crippen LogP contribution in [-0.4, -0.2) is 19.1 Å². The molecule has 0 unspecified atom stereocenters. The SMILES string of the molecule is CCOc1cccc(C(=O)Nc2ccc(OCCC3CCCCC3)cc2)c1. The Hall–Kier alpha value is -2.49. The van der Waals surface area contributed by atoms with Crippen molar-refractivity contribution in [3.63, 3.8) is 0 Å². The second-order valence-corrected chi connectivity index (χ2v) is 7.08. The number of benzene rings is 2. The van der Waals surface area contributed by atoms with E-state index in [-0.39, 0.29) is 5.91 Å². The van der Waals surface area contributed by atoms with E-state index in [2.05, 4.69) is 5.32 Å². The van der Waals surface area contributed by atoms with E-state index in [1.165, 1.54) is 32.1 Å². The van der Waals surface area contributed by atoms with E-state index in [0.29, 0.717) is 17.9 Å². The Morgan fingerprint density at radius 3 is 2.52 bits per heavy atom. The molecule has 27 heavy (non-hydrogen) atoms. The molecular formula is C23H29NO3. The minimum atomic E-state index is -0.150.